The number of methoxy groups -OCH3 is 1. The number of aromatic nitrogens is 2. The Morgan fingerprint density at radius 1 is 1.12 bits per heavy atom. The van der Waals surface area contributed by atoms with E-state index in [1.54, 1.807) is 19.4 Å². The maximum absolute atomic E-state index is 12.9. The van der Waals surface area contributed by atoms with Crippen LogP contribution in [0, 0.1) is 0 Å². The highest BCUT2D eigenvalue weighted by Gasteiger charge is 2.15. The van der Waals surface area contributed by atoms with Crippen LogP contribution in [0.25, 0.3) is 11.3 Å². The number of ether oxygens (including phenoxy) is 3. The zero-order valence-electron chi connectivity index (χ0n) is 18.6. The lowest BCUT2D eigenvalue weighted by Gasteiger charge is -2.26. The third kappa shape index (κ3) is 5.36. The minimum Gasteiger partial charge on any atom is -0.497 e. The largest absolute Gasteiger partial charge is 0.497 e. The monoisotopic (exact) mass is 435 g/mol. The van der Waals surface area contributed by atoms with E-state index in [1.807, 2.05) is 54.2 Å². The summed E-state index contributed by atoms with van der Waals surface area (Å²) in [6.45, 7) is 4.86. The average molecular weight is 436 g/mol. The molecule has 0 bridgehead atoms. The quantitative estimate of drug-likeness (QED) is 0.481. The molecule has 0 amide bonds. The van der Waals surface area contributed by atoms with Crippen molar-refractivity contribution in [3.05, 3.63) is 65.9 Å². The van der Waals surface area contributed by atoms with Gasteiger partial charge in [-0.15, -0.1) is 0 Å². The van der Waals surface area contributed by atoms with E-state index in [1.165, 1.54) is 0 Å². The SMILES string of the molecule is COc1cccc(C(=O)Cc2ccc(OCCN3CCOCC3)c(-c3ccnn3C)c2)c1. The number of benzene rings is 2. The fourth-order valence-corrected chi connectivity index (χ4v) is 3.84. The molecule has 7 heteroatoms. The summed E-state index contributed by atoms with van der Waals surface area (Å²) in [5.74, 6) is 1.51. The summed E-state index contributed by atoms with van der Waals surface area (Å²) in [4.78, 5) is 15.2. The normalized spacial score (nSPS) is 14.3. The molecule has 0 unspecified atom stereocenters. The van der Waals surface area contributed by atoms with Gasteiger partial charge in [0, 0.05) is 50.4 Å². The first-order chi connectivity index (χ1) is 15.6. The van der Waals surface area contributed by atoms with Crippen molar-refractivity contribution in [2.24, 2.45) is 7.05 Å². The van der Waals surface area contributed by atoms with E-state index >= 15 is 0 Å². The van der Waals surface area contributed by atoms with Gasteiger partial charge in [-0.2, -0.15) is 5.10 Å². The molecule has 168 valence electrons. The number of ketones is 1. The molecule has 0 saturated carbocycles. The number of rotatable bonds is 9. The van der Waals surface area contributed by atoms with Gasteiger partial charge >= 0.3 is 0 Å². The standard InChI is InChI=1S/C25H29N3O4/c1-27-23(8-9-26-27)22-16-19(17-24(29)20-4-3-5-21(18-20)30-2)6-7-25(22)32-15-12-28-10-13-31-14-11-28/h3-9,16,18H,10-15,17H2,1-2H3. The fraction of sp³-hybridized carbons (Fsp3) is 0.360. The van der Waals surface area contributed by atoms with Crippen LogP contribution in [0.4, 0.5) is 0 Å². The van der Waals surface area contributed by atoms with Gasteiger partial charge in [-0.25, -0.2) is 0 Å². The van der Waals surface area contributed by atoms with E-state index in [9.17, 15) is 4.79 Å². The molecule has 1 aromatic heterocycles. The van der Waals surface area contributed by atoms with Crippen LogP contribution < -0.4 is 9.47 Å². The van der Waals surface area contributed by atoms with E-state index in [-0.39, 0.29) is 5.78 Å². The van der Waals surface area contributed by atoms with Gasteiger partial charge in [0.1, 0.15) is 18.1 Å². The van der Waals surface area contributed by atoms with Crippen molar-refractivity contribution in [1.82, 2.24) is 14.7 Å². The molecule has 2 heterocycles. The minimum atomic E-state index is 0.0424. The summed E-state index contributed by atoms with van der Waals surface area (Å²) in [6, 6.07) is 15.1. The second kappa shape index (κ2) is 10.4. The van der Waals surface area contributed by atoms with Crippen molar-refractivity contribution in [3.8, 4) is 22.8 Å². The summed E-state index contributed by atoms with van der Waals surface area (Å²) in [5.41, 5.74) is 3.44. The number of carbonyl (C=O) groups is 1. The Bertz CT molecular complexity index is 1060. The van der Waals surface area contributed by atoms with Crippen LogP contribution in [-0.4, -0.2) is 67.0 Å². The third-order valence-corrected chi connectivity index (χ3v) is 5.67. The highest BCUT2D eigenvalue weighted by atomic mass is 16.5. The lowest BCUT2D eigenvalue weighted by molar-refractivity contribution is 0.0323. The van der Waals surface area contributed by atoms with Crippen LogP contribution in [0.15, 0.2) is 54.7 Å². The Morgan fingerprint density at radius 3 is 2.72 bits per heavy atom. The maximum atomic E-state index is 12.9. The van der Waals surface area contributed by atoms with Gasteiger partial charge in [0.2, 0.25) is 0 Å². The number of nitrogens with zero attached hydrogens (tertiary/aromatic N) is 3. The first-order valence-corrected chi connectivity index (χ1v) is 10.9. The van der Waals surface area contributed by atoms with E-state index in [0.717, 1.165) is 55.4 Å². The van der Waals surface area contributed by atoms with Crippen LogP contribution in [0.1, 0.15) is 15.9 Å². The van der Waals surface area contributed by atoms with Gasteiger partial charge in [-0.3, -0.25) is 14.4 Å². The number of morpholine rings is 1. The topological polar surface area (TPSA) is 65.8 Å². The molecule has 1 aliphatic rings. The number of aryl methyl sites for hydroxylation is 1. The lowest BCUT2D eigenvalue weighted by atomic mass is 9.99. The molecule has 32 heavy (non-hydrogen) atoms. The Balaban J connectivity index is 1.51. The molecule has 1 saturated heterocycles. The lowest BCUT2D eigenvalue weighted by Crippen LogP contribution is -2.38. The van der Waals surface area contributed by atoms with E-state index in [2.05, 4.69) is 10.00 Å². The number of carbonyl (C=O) groups excluding carboxylic acids is 1. The summed E-state index contributed by atoms with van der Waals surface area (Å²) >= 11 is 0. The molecule has 3 aromatic rings. The highest BCUT2D eigenvalue weighted by molar-refractivity contribution is 5.98. The van der Waals surface area contributed by atoms with Crippen LogP contribution in [0.3, 0.4) is 0 Å². The molecule has 0 radical (unpaired) electrons. The van der Waals surface area contributed by atoms with Gasteiger partial charge in [0.15, 0.2) is 5.78 Å². The van der Waals surface area contributed by atoms with E-state index in [4.69, 9.17) is 14.2 Å². The number of Topliss-reactive ketones (excluding diaryl/α,β-unsaturated/α-hetero) is 1. The van der Waals surface area contributed by atoms with Gasteiger partial charge < -0.3 is 14.2 Å². The Hall–Kier alpha value is -3.16. The van der Waals surface area contributed by atoms with Gasteiger partial charge in [-0.05, 0) is 35.9 Å². The van der Waals surface area contributed by atoms with Crippen molar-refractivity contribution >= 4 is 5.78 Å². The minimum absolute atomic E-state index is 0.0424. The first-order valence-electron chi connectivity index (χ1n) is 10.9. The zero-order chi connectivity index (χ0) is 22.3. The number of hydrogen-bond acceptors (Lipinski definition) is 6. The van der Waals surface area contributed by atoms with E-state index < -0.39 is 0 Å². The molecule has 0 atom stereocenters. The van der Waals surface area contributed by atoms with Crippen molar-refractivity contribution in [3.63, 3.8) is 0 Å². The molecule has 0 N–H and O–H groups in total. The van der Waals surface area contributed by atoms with Crippen molar-refractivity contribution in [2.45, 2.75) is 6.42 Å². The van der Waals surface area contributed by atoms with Crippen LogP contribution in [0.2, 0.25) is 0 Å². The van der Waals surface area contributed by atoms with Crippen molar-refractivity contribution < 1.29 is 19.0 Å². The van der Waals surface area contributed by atoms with Crippen molar-refractivity contribution in [1.29, 1.82) is 0 Å². The van der Waals surface area contributed by atoms with E-state index in [0.29, 0.717) is 24.3 Å². The molecule has 2 aromatic carbocycles. The zero-order valence-corrected chi connectivity index (χ0v) is 18.6. The van der Waals surface area contributed by atoms with Crippen LogP contribution in [-0.2, 0) is 18.2 Å². The van der Waals surface area contributed by atoms with Crippen LogP contribution >= 0.6 is 0 Å². The van der Waals surface area contributed by atoms with Crippen molar-refractivity contribution in [2.75, 3.05) is 46.6 Å². The molecule has 0 spiro atoms. The molecule has 4 rings (SSSR count). The summed E-state index contributed by atoms with van der Waals surface area (Å²) in [5, 5.41) is 4.30. The molecule has 7 nitrogen and oxygen atoms in total. The first kappa shape index (κ1) is 22.0. The van der Waals surface area contributed by atoms with Gasteiger partial charge in [0.25, 0.3) is 0 Å². The molecule has 1 aliphatic heterocycles. The highest BCUT2D eigenvalue weighted by Crippen LogP contribution is 2.31. The second-order valence-electron chi connectivity index (χ2n) is 7.80. The molecular weight excluding hydrogens is 406 g/mol. The Morgan fingerprint density at radius 2 is 1.97 bits per heavy atom. The smallest absolute Gasteiger partial charge is 0.167 e. The third-order valence-electron chi connectivity index (χ3n) is 5.67. The summed E-state index contributed by atoms with van der Waals surface area (Å²) in [6.07, 6.45) is 2.06. The molecule has 1 fully saturated rings. The molecule has 0 aliphatic carbocycles. The van der Waals surface area contributed by atoms with Gasteiger partial charge in [-0.1, -0.05) is 18.2 Å². The summed E-state index contributed by atoms with van der Waals surface area (Å²) in [7, 11) is 3.50. The Labute approximate surface area is 188 Å². The predicted octanol–water partition coefficient (Wildman–Crippen LogP) is 3.23. The number of hydrogen-bond donors (Lipinski definition) is 0. The average Bonchev–Trinajstić information content (AvgIpc) is 3.26. The van der Waals surface area contributed by atoms with Crippen LogP contribution in [0.5, 0.6) is 11.5 Å². The maximum Gasteiger partial charge on any atom is 0.167 e. The summed E-state index contributed by atoms with van der Waals surface area (Å²) < 4.78 is 18.6. The second-order valence-corrected chi connectivity index (χ2v) is 7.80. The molecular formula is C25H29N3O4. The fourth-order valence-electron chi connectivity index (χ4n) is 3.84. The Kier molecular flexibility index (Phi) is 7.19. The predicted molar refractivity (Wildman–Crippen MR) is 122 cm³/mol. The van der Waals surface area contributed by atoms with Gasteiger partial charge in [0.05, 0.1) is 26.0 Å².